The van der Waals surface area contributed by atoms with Gasteiger partial charge in [0.05, 0.1) is 24.6 Å². The minimum Gasteiger partial charge on any atom is -0.351 e. The number of anilines is 1. The minimum atomic E-state index is -0.858. The van der Waals surface area contributed by atoms with Gasteiger partial charge in [-0.25, -0.2) is 9.37 Å². The van der Waals surface area contributed by atoms with E-state index in [1.165, 1.54) is 5.56 Å². The molecule has 2 aromatic rings. The van der Waals surface area contributed by atoms with Crippen LogP contribution in [0.2, 0.25) is 0 Å². The van der Waals surface area contributed by atoms with E-state index in [-0.39, 0.29) is 6.04 Å². The molecule has 1 N–H and O–H groups in total. The minimum absolute atomic E-state index is 0.0929. The fourth-order valence-corrected chi connectivity index (χ4v) is 2.90. The van der Waals surface area contributed by atoms with Crippen LogP contribution in [-0.2, 0) is 6.54 Å². The van der Waals surface area contributed by atoms with Crippen LogP contribution in [0.5, 0.6) is 0 Å². The predicted molar refractivity (Wildman–Crippen MR) is 88.1 cm³/mol. The number of aryl methyl sites for hydroxylation is 2. The van der Waals surface area contributed by atoms with Gasteiger partial charge in [-0.2, -0.15) is 0 Å². The molecule has 1 fully saturated rings. The van der Waals surface area contributed by atoms with Crippen molar-refractivity contribution in [3.63, 3.8) is 0 Å². The Kier molecular flexibility index (Phi) is 4.81. The van der Waals surface area contributed by atoms with E-state index in [1.807, 2.05) is 30.9 Å². The zero-order valence-corrected chi connectivity index (χ0v) is 13.5. The smallest absolute Gasteiger partial charge is 0.147 e. The van der Waals surface area contributed by atoms with Crippen molar-refractivity contribution >= 4 is 5.82 Å². The van der Waals surface area contributed by atoms with Crippen LogP contribution >= 0.6 is 0 Å². The van der Waals surface area contributed by atoms with E-state index in [9.17, 15) is 4.39 Å². The largest absolute Gasteiger partial charge is 0.351 e. The van der Waals surface area contributed by atoms with Gasteiger partial charge in [0.25, 0.3) is 0 Å². The van der Waals surface area contributed by atoms with E-state index in [0.29, 0.717) is 19.5 Å². The molecule has 0 bridgehead atoms. The van der Waals surface area contributed by atoms with Gasteiger partial charge in [0.1, 0.15) is 12.0 Å². The van der Waals surface area contributed by atoms with Gasteiger partial charge >= 0.3 is 0 Å². The second kappa shape index (κ2) is 7.00. The Balaban J connectivity index is 1.62. The lowest BCUT2D eigenvalue weighted by Crippen LogP contribution is -2.50. The number of halogens is 1. The summed E-state index contributed by atoms with van der Waals surface area (Å²) in [5, 5.41) is 3.45. The Morgan fingerprint density at radius 3 is 2.78 bits per heavy atom. The molecule has 0 radical (unpaired) electrons. The highest BCUT2D eigenvalue weighted by atomic mass is 19.1. The van der Waals surface area contributed by atoms with Crippen molar-refractivity contribution in [1.29, 1.82) is 0 Å². The standard InChI is InChI=1S/C17H22FN5/c1-12-5-14(3-4-19-12)8-21-16-6-15(18)10-23(11-16)17-9-20-13(2)7-22-17/h3-5,7,9,15-16,21H,6,8,10-11H2,1-2H3. The molecular weight excluding hydrogens is 293 g/mol. The third kappa shape index (κ3) is 4.22. The monoisotopic (exact) mass is 315 g/mol. The summed E-state index contributed by atoms with van der Waals surface area (Å²) in [5.41, 5.74) is 3.03. The van der Waals surface area contributed by atoms with Gasteiger partial charge in [0, 0.05) is 31.0 Å². The highest BCUT2D eigenvalue weighted by molar-refractivity contribution is 5.37. The summed E-state index contributed by atoms with van der Waals surface area (Å²) >= 11 is 0. The van der Waals surface area contributed by atoms with Crippen molar-refractivity contribution in [2.75, 3.05) is 18.0 Å². The number of piperidine rings is 1. The Hall–Kier alpha value is -2.08. The van der Waals surface area contributed by atoms with Crippen LogP contribution in [0.25, 0.3) is 0 Å². The van der Waals surface area contributed by atoms with Gasteiger partial charge in [0.15, 0.2) is 0 Å². The number of hydrogen-bond donors (Lipinski definition) is 1. The van der Waals surface area contributed by atoms with E-state index < -0.39 is 6.17 Å². The molecule has 0 aliphatic carbocycles. The third-order valence-electron chi connectivity index (χ3n) is 4.05. The van der Waals surface area contributed by atoms with Crippen LogP contribution in [0.3, 0.4) is 0 Å². The summed E-state index contributed by atoms with van der Waals surface area (Å²) in [6.07, 6.45) is 4.92. The van der Waals surface area contributed by atoms with Gasteiger partial charge in [-0.3, -0.25) is 9.97 Å². The topological polar surface area (TPSA) is 53.9 Å². The number of nitrogens with zero attached hydrogens (tertiary/aromatic N) is 4. The molecule has 6 heteroatoms. The fourth-order valence-electron chi connectivity index (χ4n) is 2.90. The quantitative estimate of drug-likeness (QED) is 0.937. The Morgan fingerprint density at radius 2 is 2.04 bits per heavy atom. The molecule has 2 atom stereocenters. The van der Waals surface area contributed by atoms with Crippen molar-refractivity contribution in [1.82, 2.24) is 20.3 Å². The van der Waals surface area contributed by atoms with E-state index in [1.54, 1.807) is 18.6 Å². The molecule has 5 nitrogen and oxygen atoms in total. The lowest BCUT2D eigenvalue weighted by molar-refractivity contribution is 0.248. The molecule has 3 rings (SSSR count). The van der Waals surface area contributed by atoms with Crippen molar-refractivity contribution in [3.8, 4) is 0 Å². The summed E-state index contributed by atoms with van der Waals surface area (Å²) in [5.74, 6) is 0.740. The van der Waals surface area contributed by atoms with Crippen LogP contribution < -0.4 is 10.2 Å². The molecule has 0 saturated carbocycles. The van der Waals surface area contributed by atoms with Crippen molar-refractivity contribution in [2.45, 2.75) is 39.0 Å². The van der Waals surface area contributed by atoms with Gasteiger partial charge in [0.2, 0.25) is 0 Å². The summed E-state index contributed by atoms with van der Waals surface area (Å²) in [6.45, 7) is 5.70. The highest BCUT2D eigenvalue weighted by Gasteiger charge is 2.27. The number of nitrogens with one attached hydrogen (secondary N) is 1. The summed E-state index contributed by atoms with van der Waals surface area (Å²) in [4.78, 5) is 14.8. The van der Waals surface area contributed by atoms with Crippen molar-refractivity contribution in [3.05, 3.63) is 47.7 Å². The first-order valence-electron chi connectivity index (χ1n) is 7.93. The zero-order valence-electron chi connectivity index (χ0n) is 13.5. The first-order chi connectivity index (χ1) is 11.1. The maximum Gasteiger partial charge on any atom is 0.147 e. The molecular formula is C17H22FN5. The zero-order chi connectivity index (χ0) is 16.2. The average Bonchev–Trinajstić information content (AvgIpc) is 2.53. The van der Waals surface area contributed by atoms with Gasteiger partial charge in [-0.15, -0.1) is 0 Å². The molecule has 0 aromatic carbocycles. The Bertz CT molecular complexity index is 646. The Morgan fingerprint density at radius 1 is 1.17 bits per heavy atom. The third-order valence-corrected chi connectivity index (χ3v) is 4.05. The molecule has 0 amide bonds. The molecule has 1 aliphatic rings. The molecule has 1 aliphatic heterocycles. The average molecular weight is 315 g/mol. The van der Waals surface area contributed by atoms with E-state index in [2.05, 4.69) is 20.3 Å². The van der Waals surface area contributed by atoms with Gasteiger partial charge in [-0.1, -0.05) is 0 Å². The van der Waals surface area contributed by atoms with Crippen LogP contribution in [0.1, 0.15) is 23.4 Å². The molecule has 1 saturated heterocycles. The number of rotatable bonds is 4. The maximum absolute atomic E-state index is 14.1. The lowest BCUT2D eigenvalue weighted by Gasteiger charge is -2.35. The van der Waals surface area contributed by atoms with Crippen LogP contribution in [-0.4, -0.2) is 40.3 Å². The summed E-state index contributed by atoms with van der Waals surface area (Å²) in [7, 11) is 0. The van der Waals surface area contributed by atoms with Crippen molar-refractivity contribution < 1.29 is 4.39 Å². The number of pyridine rings is 1. The lowest BCUT2D eigenvalue weighted by atomic mass is 10.0. The maximum atomic E-state index is 14.1. The SMILES string of the molecule is Cc1cnc(N2CC(F)CC(NCc3ccnc(C)c3)C2)cn1. The molecule has 2 unspecified atom stereocenters. The first-order valence-corrected chi connectivity index (χ1v) is 7.93. The molecule has 3 heterocycles. The second-order valence-corrected chi connectivity index (χ2v) is 6.14. The predicted octanol–water partition coefficient (Wildman–Crippen LogP) is 2.20. The summed E-state index contributed by atoms with van der Waals surface area (Å²) in [6, 6.07) is 4.13. The summed E-state index contributed by atoms with van der Waals surface area (Å²) < 4.78 is 14.1. The highest BCUT2D eigenvalue weighted by Crippen LogP contribution is 2.19. The first kappa shape index (κ1) is 15.8. The second-order valence-electron chi connectivity index (χ2n) is 6.14. The number of aromatic nitrogens is 3. The molecule has 122 valence electrons. The molecule has 2 aromatic heterocycles. The number of alkyl halides is 1. The number of hydrogen-bond acceptors (Lipinski definition) is 5. The molecule has 0 spiro atoms. The Labute approximate surface area is 136 Å². The van der Waals surface area contributed by atoms with E-state index in [0.717, 1.165) is 23.8 Å². The van der Waals surface area contributed by atoms with E-state index in [4.69, 9.17) is 0 Å². The fraction of sp³-hybridized carbons (Fsp3) is 0.471. The van der Waals surface area contributed by atoms with Gasteiger partial charge < -0.3 is 10.2 Å². The normalized spacial score (nSPS) is 21.4. The van der Waals surface area contributed by atoms with Crippen molar-refractivity contribution in [2.24, 2.45) is 0 Å². The van der Waals surface area contributed by atoms with Crippen LogP contribution in [0.4, 0.5) is 10.2 Å². The van der Waals surface area contributed by atoms with Crippen LogP contribution in [0, 0.1) is 13.8 Å². The van der Waals surface area contributed by atoms with Crippen LogP contribution in [0.15, 0.2) is 30.7 Å². The molecule has 23 heavy (non-hydrogen) atoms. The van der Waals surface area contributed by atoms with Gasteiger partial charge in [-0.05, 0) is 38.0 Å². The van der Waals surface area contributed by atoms with E-state index >= 15 is 0 Å².